The van der Waals surface area contributed by atoms with Crippen molar-refractivity contribution >= 4 is 11.8 Å². The lowest BCUT2D eigenvalue weighted by Crippen LogP contribution is -3.20. The highest BCUT2D eigenvalue weighted by molar-refractivity contribution is 5.90. The molecule has 1 unspecified atom stereocenters. The van der Waals surface area contributed by atoms with Crippen LogP contribution < -0.4 is 10.6 Å². The van der Waals surface area contributed by atoms with Crippen LogP contribution >= 0.6 is 0 Å². The predicted molar refractivity (Wildman–Crippen MR) is 87.1 cm³/mol. The standard InChI is InChI=1S/C16H24N6O2/c1-3-5-20(2)16(24)13-9-21-6-4-11(13)7-12(21)8-22-10-14(15(17)23)18-19-22/h3,10-13H,1,4-9H2,2H3,(H2,17,23)/p+1/t11-,12+,13-/m0/s1. The van der Waals surface area contributed by atoms with E-state index in [1.165, 1.54) is 4.90 Å². The zero-order valence-electron chi connectivity index (χ0n) is 14.0. The van der Waals surface area contributed by atoms with Crippen molar-refractivity contribution in [2.75, 3.05) is 26.7 Å². The Balaban J connectivity index is 1.63. The van der Waals surface area contributed by atoms with Crippen LogP contribution in [0.2, 0.25) is 0 Å². The van der Waals surface area contributed by atoms with E-state index in [2.05, 4.69) is 16.9 Å². The van der Waals surface area contributed by atoms with Crippen LogP contribution in [0.1, 0.15) is 23.3 Å². The van der Waals surface area contributed by atoms with Gasteiger partial charge in [-0.25, -0.2) is 4.68 Å². The van der Waals surface area contributed by atoms with Gasteiger partial charge in [0.2, 0.25) is 5.91 Å². The number of carbonyl (C=O) groups excluding carboxylic acids is 2. The fourth-order valence-corrected chi connectivity index (χ4v) is 4.09. The van der Waals surface area contributed by atoms with Crippen molar-refractivity contribution in [2.45, 2.75) is 25.4 Å². The molecule has 0 aromatic carbocycles. The second-order valence-electron chi connectivity index (χ2n) is 6.90. The number of piperidine rings is 3. The first-order valence-electron chi connectivity index (χ1n) is 8.40. The number of nitrogens with zero attached hydrogens (tertiary/aromatic N) is 4. The van der Waals surface area contributed by atoms with Gasteiger partial charge in [-0.2, -0.15) is 0 Å². The van der Waals surface area contributed by atoms with E-state index in [1.807, 2.05) is 7.05 Å². The minimum absolute atomic E-state index is 0.104. The first-order valence-corrected chi connectivity index (χ1v) is 8.40. The monoisotopic (exact) mass is 333 g/mol. The van der Waals surface area contributed by atoms with Gasteiger partial charge in [-0.3, -0.25) is 9.59 Å². The fourth-order valence-electron chi connectivity index (χ4n) is 4.09. The summed E-state index contributed by atoms with van der Waals surface area (Å²) in [5.41, 5.74) is 5.41. The van der Waals surface area contributed by atoms with E-state index in [1.54, 1.807) is 21.9 Å². The minimum Gasteiger partial charge on any atom is -0.364 e. The van der Waals surface area contributed by atoms with Crippen LogP contribution in [0.3, 0.4) is 0 Å². The Hall–Kier alpha value is -2.22. The number of carbonyl (C=O) groups is 2. The van der Waals surface area contributed by atoms with Crippen LogP contribution in [0.4, 0.5) is 0 Å². The number of rotatable bonds is 6. The van der Waals surface area contributed by atoms with E-state index >= 15 is 0 Å². The number of hydrogen-bond donors (Lipinski definition) is 2. The largest absolute Gasteiger partial charge is 0.364 e. The molecule has 8 heteroatoms. The molecule has 3 fully saturated rings. The number of fused-ring (bicyclic) bond motifs is 3. The highest BCUT2D eigenvalue weighted by atomic mass is 16.2. The maximum Gasteiger partial charge on any atom is 0.270 e. The molecule has 130 valence electrons. The van der Waals surface area contributed by atoms with Gasteiger partial charge in [-0.15, -0.1) is 11.7 Å². The maximum absolute atomic E-state index is 12.6. The zero-order valence-corrected chi connectivity index (χ0v) is 14.0. The van der Waals surface area contributed by atoms with Gasteiger partial charge in [0.15, 0.2) is 5.69 Å². The van der Waals surface area contributed by atoms with Crippen LogP contribution in [0, 0.1) is 11.8 Å². The molecule has 24 heavy (non-hydrogen) atoms. The van der Waals surface area contributed by atoms with Crippen molar-refractivity contribution in [3.63, 3.8) is 0 Å². The summed E-state index contributed by atoms with van der Waals surface area (Å²) in [6.07, 6.45) is 5.45. The number of quaternary nitrogens is 1. The number of nitrogens with two attached hydrogens (primary N) is 1. The molecule has 0 aliphatic carbocycles. The normalized spacial score (nSPS) is 28.5. The van der Waals surface area contributed by atoms with Crippen LogP contribution in [-0.2, 0) is 11.3 Å². The van der Waals surface area contributed by atoms with Crippen molar-refractivity contribution in [2.24, 2.45) is 17.6 Å². The molecule has 1 aromatic heterocycles. The number of amides is 2. The van der Waals surface area contributed by atoms with Crippen LogP contribution in [0.5, 0.6) is 0 Å². The molecule has 2 amide bonds. The second-order valence-corrected chi connectivity index (χ2v) is 6.90. The average Bonchev–Trinajstić information content (AvgIpc) is 3.04. The average molecular weight is 333 g/mol. The zero-order chi connectivity index (χ0) is 17.3. The SMILES string of the molecule is C=CCN(C)C(=O)[C@H]1C[NH+]2CC[C@H]1C[C@@H]2Cn1cc(C(N)=O)nn1. The quantitative estimate of drug-likeness (QED) is 0.607. The van der Waals surface area contributed by atoms with Crippen molar-refractivity contribution in [3.8, 4) is 0 Å². The summed E-state index contributed by atoms with van der Waals surface area (Å²) in [5.74, 6) is 0.195. The number of nitrogens with one attached hydrogen (secondary N) is 1. The Morgan fingerprint density at radius 2 is 2.38 bits per heavy atom. The molecule has 1 aromatic rings. The molecule has 8 nitrogen and oxygen atoms in total. The molecule has 3 saturated heterocycles. The van der Waals surface area contributed by atoms with Gasteiger partial charge in [-0.05, 0) is 5.92 Å². The molecule has 0 saturated carbocycles. The third-order valence-electron chi connectivity index (χ3n) is 5.35. The van der Waals surface area contributed by atoms with Crippen molar-refractivity contribution in [1.82, 2.24) is 19.9 Å². The summed E-state index contributed by atoms with van der Waals surface area (Å²) in [4.78, 5) is 26.9. The van der Waals surface area contributed by atoms with Gasteiger partial charge >= 0.3 is 0 Å². The molecule has 0 spiro atoms. The molecule has 4 heterocycles. The number of primary amides is 1. The highest BCUT2D eigenvalue weighted by Gasteiger charge is 2.47. The van der Waals surface area contributed by atoms with Gasteiger partial charge in [0.25, 0.3) is 5.91 Å². The summed E-state index contributed by atoms with van der Waals surface area (Å²) >= 11 is 0. The van der Waals surface area contributed by atoms with Gasteiger partial charge in [-0.1, -0.05) is 11.3 Å². The number of aromatic nitrogens is 3. The van der Waals surface area contributed by atoms with Gasteiger partial charge < -0.3 is 15.5 Å². The topological polar surface area (TPSA) is 98.6 Å². The van der Waals surface area contributed by atoms with E-state index < -0.39 is 5.91 Å². The van der Waals surface area contributed by atoms with E-state index in [0.29, 0.717) is 25.0 Å². The predicted octanol–water partition coefficient (Wildman–Crippen LogP) is -1.69. The van der Waals surface area contributed by atoms with Crippen LogP contribution in [0.25, 0.3) is 0 Å². The Labute approximate surface area is 141 Å². The van der Waals surface area contributed by atoms with Gasteiger partial charge in [0, 0.05) is 26.4 Å². The lowest BCUT2D eigenvalue weighted by Gasteiger charge is -2.46. The number of hydrogen-bond acceptors (Lipinski definition) is 4. The summed E-state index contributed by atoms with van der Waals surface area (Å²) in [7, 11) is 1.84. The lowest BCUT2D eigenvalue weighted by atomic mass is 9.75. The van der Waals surface area contributed by atoms with E-state index in [0.717, 1.165) is 25.9 Å². The second kappa shape index (κ2) is 6.72. The highest BCUT2D eigenvalue weighted by Crippen LogP contribution is 2.28. The lowest BCUT2D eigenvalue weighted by molar-refractivity contribution is -0.945. The summed E-state index contributed by atoms with van der Waals surface area (Å²) in [5, 5.41) is 7.78. The maximum atomic E-state index is 12.6. The van der Waals surface area contributed by atoms with E-state index in [4.69, 9.17) is 5.73 Å². The third-order valence-corrected chi connectivity index (χ3v) is 5.35. The Morgan fingerprint density at radius 1 is 1.58 bits per heavy atom. The molecule has 4 rings (SSSR count). The first-order chi connectivity index (χ1) is 11.5. The van der Waals surface area contributed by atoms with Crippen LogP contribution in [-0.4, -0.2) is 64.4 Å². The van der Waals surface area contributed by atoms with E-state index in [9.17, 15) is 9.59 Å². The van der Waals surface area contributed by atoms with Gasteiger partial charge in [0.1, 0.15) is 6.04 Å². The molecule has 2 bridgehead atoms. The molecule has 0 radical (unpaired) electrons. The summed E-state index contributed by atoms with van der Waals surface area (Å²) in [6.45, 7) is 6.95. The Morgan fingerprint density at radius 3 is 2.96 bits per heavy atom. The Bertz CT molecular complexity index is 642. The molecule has 3 aliphatic heterocycles. The molecule has 3 N–H and O–H groups in total. The van der Waals surface area contributed by atoms with Crippen molar-refractivity contribution in [3.05, 3.63) is 24.5 Å². The molecular formula is C16H25N6O2+. The molecule has 4 atom stereocenters. The summed E-state index contributed by atoms with van der Waals surface area (Å²) < 4.78 is 1.69. The van der Waals surface area contributed by atoms with Crippen LogP contribution in [0.15, 0.2) is 18.9 Å². The molecular weight excluding hydrogens is 308 g/mol. The fraction of sp³-hybridized carbons (Fsp3) is 0.625. The van der Waals surface area contributed by atoms with Crippen molar-refractivity contribution < 1.29 is 14.5 Å². The van der Waals surface area contributed by atoms with Gasteiger partial charge in [0.05, 0.1) is 31.7 Å². The third kappa shape index (κ3) is 3.19. The number of likely N-dealkylation sites (N-methyl/N-ethyl adjacent to an activating group) is 1. The minimum atomic E-state index is -0.560. The van der Waals surface area contributed by atoms with Crippen molar-refractivity contribution in [1.29, 1.82) is 0 Å². The van der Waals surface area contributed by atoms with E-state index in [-0.39, 0.29) is 17.5 Å². The first kappa shape index (κ1) is 16.6. The Kier molecular flexibility index (Phi) is 4.66. The smallest absolute Gasteiger partial charge is 0.270 e. The molecule has 3 aliphatic rings. The summed E-state index contributed by atoms with van der Waals surface area (Å²) in [6, 6.07) is 0.403.